The van der Waals surface area contributed by atoms with Crippen LogP contribution in [0, 0.1) is 0 Å². The monoisotopic (exact) mass is 283 g/mol. The van der Waals surface area contributed by atoms with E-state index in [1.807, 2.05) is 6.92 Å². The fourth-order valence-corrected chi connectivity index (χ4v) is 3.04. The van der Waals surface area contributed by atoms with Gasteiger partial charge in [0.1, 0.15) is 5.54 Å². The molecule has 7 heteroatoms. The normalized spacial score (nSPS) is 22.5. The molecule has 0 bridgehead atoms. The molecule has 0 aromatic carbocycles. The topological polar surface area (TPSA) is 82.5 Å². The second-order valence-electron chi connectivity index (χ2n) is 4.57. The molecule has 1 saturated heterocycles. The number of aromatic nitrogens is 1. The molecule has 2 rings (SSSR count). The number of thiazole rings is 1. The van der Waals surface area contributed by atoms with Gasteiger partial charge in [-0.2, -0.15) is 0 Å². The Morgan fingerprint density at radius 3 is 3.00 bits per heavy atom. The number of nitrogens with one attached hydrogen (secondary N) is 1. The Kier molecular flexibility index (Phi) is 4.04. The number of carbonyl (C=O) groups is 2. The molecule has 1 aliphatic heterocycles. The largest absolute Gasteiger partial charge is 0.479 e. The van der Waals surface area contributed by atoms with Gasteiger partial charge in [0.2, 0.25) is 0 Å². The molecular weight excluding hydrogens is 266 g/mol. The molecule has 1 aromatic heterocycles. The zero-order valence-electron chi connectivity index (χ0n) is 10.8. The van der Waals surface area contributed by atoms with Crippen molar-refractivity contribution >= 4 is 23.3 Å². The van der Waals surface area contributed by atoms with Crippen LogP contribution in [0.1, 0.15) is 31.1 Å². The van der Waals surface area contributed by atoms with Crippen molar-refractivity contribution in [3.63, 3.8) is 0 Å². The number of carboxylic acid groups (broad SMARTS) is 1. The predicted octanol–water partition coefficient (Wildman–Crippen LogP) is 1.68. The quantitative estimate of drug-likeness (QED) is 0.880. The summed E-state index contributed by atoms with van der Waals surface area (Å²) in [6.07, 6.45) is 3.37. The highest BCUT2D eigenvalue weighted by Crippen LogP contribution is 2.32. The van der Waals surface area contributed by atoms with E-state index in [-0.39, 0.29) is 6.03 Å². The van der Waals surface area contributed by atoms with Gasteiger partial charge in [0, 0.05) is 17.6 Å². The molecule has 6 nitrogen and oxygen atoms in total. The summed E-state index contributed by atoms with van der Waals surface area (Å²) in [7, 11) is 0. The molecule has 0 aliphatic carbocycles. The smallest absolute Gasteiger partial charge is 0.329 e. The molecular formula is C12H17N3O3S. The molecule has 2 heterocycles. The van der Waals surface area contributed by atoms with E-state index in [2.05, 4.69) is 10.3 Å². The van der Waals surface area contributed by atoms with Gasteiger partial charge < -0.3 is 15.3 Å². The number of carbonyl (C=O) groups excluding carboxylic acids is 1. The molecule has 1 fully saturated rings. The maximum atomic E-state index is 12.2. The van der Waals surface area contributed by atoms with Crippen molar-refractivity contribution in [1.29, 1.82) is 0 Å². The third-order valence-electron chi connectivity index (χ3n) is 3.61. The molecule has 2 N–H and O–H groups in total. The number of likely N-dealkylation sites (tertiary alicyclic amines) is 1. The van der Waals surface area contributed by atoms with Crippen molar-refractivity contribution < 1.29 is 14.7 Å². The molecule has 19 heavy (non-hydrogen) atoms. The first kappa shape index (κ1) is 13.8. The van der Waals surface area contributed by atoms with Gasteiger partial charge in [0.15, 0.2) is 0 Å². The van der Waals surface area contributed by atoms with Crippen LogP contribution in [0.15, 0.2) is 11.7 Å². The van der Waals surface area contributed by atoms with E-state index in [4.69, 9.17) is 0 Å². The summed E-state index contributed by atoms with van der Waals surface area (Å²) in [4.78, 5) is 30.0. The SMILES string of the molecule is CCC1(C(=O)O)CCCN1C(=O)NCc1cncs1. The van der Waals surface area contributed by atoms with Crippen molar-refractivity contribution in [2.45, 2.75) is 38.3 Å². The fraction of sp³-hybridized carbons (Fsp3) is 0.583. The Balaban J connectivity index is 2.03. The minimum Gasteiger partial charge on any atom is -0.479 e. The van der Waals surface area contributed by atoms with E-state index in [1.165, 1.54) is 16.2 Å². The molecule has 0 spiro atoms. The van der Waals surface area contributed by atoms with Crippen molar-refractivity contribution in [3.05, 3.63) is 16.6 Å². The summed E-state index contributed by atoms with van der Waals surface area (Å²) in [5.74, 6) is -0.916. The van der Waals surface area contributed by atoms with Gasteiger partial charge in [-0.15, -0.1) is 11.3 Å². The predicted molar refractivity (Wildman–Crippen MR) is 70.9 cm³/mol. The molecule has 1 aromatic rings. The van der Waals surface area contributed by atoms with Gasteiger partial charge in [-0.05, 0) is 19.3 Å². The summed E-state index contributed by atoms with van der Waals surface area (Å²) in [6, 6.07) is -0.310. The fourth-order valence-electron chi connectivity index (χ4n) is 2.50. The van der Waals surface area contributed by atoms with Crippen LogP contribution in [0.4, 0.5) is 4.79 Å². The summed E-state index contributed by atoms with van der Waals surface area (Å²) in [5.41, 5.74) is 0.655. The summed E-state index contributed by atoms with van der Waals surface area (Å²) < 4.78 is 0. The van der Waals surface area contributed by atoms with Crippen LogP contribution >= 0.6 is 11.3 Å². The lowest BCUT2D eigenvalue weighted by Crippen LogP contribution is -2.55. The number of amides is 2. The van der Waals surface area contributed by atoms with Crippen LogP contribution in [0.2, 0.25) is 0 Å². The number of aliphatic carboxylic acids is 1. The number of carboxylic acids is 1. The second-order valence-corrected chi connectivity index (χ2v) is 5.54. The first-order valence-corrected chi connectivity index (χ1v) is 7.14. The van der Waals surface area contributed by atoms with Crippen LogP contribution < -0.4 is 5.32 Å². The van der Waals surface area contributed by atoms with Gasteiger partial charge in [-0.25, -0.2) is 9.59 Å². The van der Waals surface area contributed by atoms with Crippen molar-refractivity contribution in [1.82, 2.24) is 15.2 Å². The Bertz CT molecular complexity index is 463. The summed E-state index contributed by atoms with van der Waals surface area (Å²) in [6.45, 7) is 2.69. The van der Waals surface area contributed by atoms with Crippen molar-refractivity contribution in [2.24, 2.45) is 0 Å². The molecule has 0 saturated carbocycles. The second kappa shape index (κ2) is 5.56. The molecule has 1 unspecified atom stereocenters. The molecule has 1 atom stereocenters. The number of nitrogens with zero attached hydrogens (tertiary/aromatic N) is 2. The number of urea groups is 1. The van der Waals surface area contributed by atoms with Gasteiger partial charge in [-0.1, -0.05) is 6.92 Å². The average Bonchev–Trinajstić information content (AvgIpc) is 3.05. The van der Waals surface area contributed by atoms with E-state index >= 15 is 0 Å². The number of hydrogen-bond donors (Lipinski definition) is 2. The van der Waals surface area contributed by atoms with Crippen LogP contribution in [-0.2, 0) is 11.3 Å². The standard InChI is InChI=1S/C12H17N3O3S/c1-2-12(10(16)17)4-3-5-15(12)11(18)14-7-9-6-13-8-19-9/h6,8H,2-5,7H2,1H3,(H,14,18)(H,16,17). The van der Waals surface area contributed by atoms with Crippen molar-refractivity contribution in [2.75, 3.05) is 6.54 Å². The van der Waals surface area contributed by atoms with E-state index in [0.717, 1.165) is 11.3 Å². The molecule has 2 amide bonds. The summed E-state index contributed by atoms with van der Waals surface area (Å²) >= 11 is 1.46. The van der Waals surface area contributed by atoms with Gasteiger partial charge >= 0.3 is 12.0 Å². The highest BCUT2D eigenvalue weighted by Gasteiger charge is 2.48. The lowest BCUT2D eigenvalue weighted by Gasteiger charge is -2.33. The number of rotatable bonds is 4. The summed E-state index contributed by atoms with van der Waals surface area (Å²) in [5, 5.41) is 12.2. The Hall–Kier alpha value is -1.63. The van der Waals surface area contributed by atoms with Crippen LogP contribution in [0.5, 0.6) is 0 Å². The first-order valence-electron chi connectivity index (χ1n) is 6.26. The van der Waals surface area contributed by atoms with E-state index in [1.54, 1.807) is 11.7 Å². The minimum absolute atomic E-state index is 0.310. The molecule has 104 valence electrons. The third-order valence-corrected chi connectivity index (χ3v) is 4.39. The molecule has 1 aliphatic rings. The van der Waals surface area contributed by atoms with Gasteiger partial charge in [0.25, 0.3) is 0 Å². The first-order chi connectivity index (χ1) is 9.10. The van der Waals surface area contributed by atoms with Crippen LogP contribution in [0.25, 0.3) is 0 Å². The van der Waals surface area contributed by atoms with Crippen molar-refractivity contribution in [3.8, 4) is 0 Å². The lowest BCUT2D eigenvalue weighted by atomic mass is 9.93. The van der Waals surface area contributed by atoms with E-state index in [9.17, 15) is 14.7 Å². The van der Waals surface area contributed by atoms with Gasteiger partial charge in [0.05, 0.1) is 12.1 Å². The number of hydrogen-bond acceptors (Lipinski definition) is 4. The Labute approximate surface area is 115 Å². The Morgan fingerprint density at radius 2 is 2.42 bits per heavy atom. The lowest BCUT2D eigenvalue weighted by molar-refractivity contribution is -0.148. The van der Waals surface area contributed by atoms with Crippen LogP contribution in [-0.4, -0.2) is 39.1 Å². The minimum atomic E-state index is -1.04. The highest BCUT2D eigenvalue weighted by atomic mass is 32.1. The van der Waals surface area contributed by atoms with E-state index in [0.29, 0.717) is 25.9 Å². The molecule has 0 radical (unpaired) electrons. The zero-order valence-corrected chi connectivity index (χ0v) is 11.6. The Morgan fingerprint density at radius 1 is 1.63 bits per heavy atom. The highest BCUT2D eigenvalue weighted by molar-refractivity contribution is 7.09. The zero-order chi connectivity index (χ0) is 13.9. The third kappa shape index (κ3) is 2.56. The van der Waals surface area contributed by atoms with Crippen LogP contribution in [0.3, 0.4) is 0 Å². The maximum Gasteiger partial charge on any atom is 0.329 e. The average molecular weight is 283 g/mol. The maximum absolute atomic E-state index is 12.2. The van der Waals surface area contributed by atoms with E-state index < -0.39 is 11.5 Å². The van der Waals surface area contributed by atoms with Gasteiger partial charge in [-0.3, -0.25) is 4.98 Å².